The number of nitrogens with zero attached hydrogens (tertiary/aromatic N) is 1. The van der Waals surface area contributed by atoms with Crippen LogP contribution in [0.15, 0.2) is 0 Å². The molecule has 1 amide bonds. The van der Waals surface area contributed by atoms with Crippen molar-refractivity contribution in [3.8, 4) is 0 Å². The smallest absolute Gasteiger partial charge is 0.223 e. The van der Waals surface area contributed by atoms with E-state index in [1.807, 2.05) is 0 Å². The van der Waals surface area contributed by atoms with Crippen LogP contribution in [-0.2, 0) is 4.79 Å². The predicted octanol–water partition coefficient (Wildman–Crippen LogP) is -0.613. The Hall–Kier alpha value is -0.610. The lowest BCUT2D eigenvalue weighted by atomic mass is 9.98. The van der Waals surface area contributed by atoms with Crippen molar-refractivity contribution in [1.82, 2.24) is 4.90 Å². The number of hydrogen-bond donors (Lipinski definition) is 2. The van der Waals surface area contributed by atoms with Crippen LogP contribution in [0.3, 0.4) is 0 Å². The zero-order valence-electron chi connectivity index (χ0n) is 8.08. The first-order chi connectivity index (χ1) is 5.61. The third kappa shape index (κ3) is 2.79. The lowest BCUT2D eigenvalue weighted by molar-refractivity contribution is -0.127. The van der Waals surface area contributed by atoms with Crippen LogP contribution in [0.2, 0.25) is 0 Å². The Labute approximate surface area is 73.9 Å². The van der Waals surface area contributed by atoms with Gasteiger partial charge in [0.15, 0.2) is 0 Å². The van der Waals surface area contributed by atoms with Gasteiger partial charge < -0.3 is 11.5 Å². The van der Waals surface area contributed by atoms with E-state index in [1.165, 1.54) is 7.05 Å². The molecule has 0 aliphatic carbocycles. The molecule has 0 aromatic heterocycles. The molecular weight excluding hydrogens is 154 g/mol. The maximum absolute atomic E-state index is 10.5. The van der Waals surface area contributed by atoms with Crippen LogP contribution in [-0.4, -0.2) is 37.0 Å². The topological polar surface area (TPSA) is 72.3 Å². The van der Waals surface area contributed by atoms with Crippen molar-refractivity contribution in [3.05, 3.63) is 0 Å². The summed E-state index contributed by atoms with van der Waals surface area (Å²) in [5.41, 5.74) is 9.59. The molecule has 1 aliphatic heterocycles. The molecule has 1 heterocycles. The zero-order valence-corrected chi connectivity index (χ0v) is 8.08. The fourth-order valence-corrected chi connectivity index (χ4v) is 1.11. The summed E-state index contributed by atoms with van der Waals surface area (Å²) in [6.45, 7) is 5.95. The van der Waals surface area contributed by atoms with Crippen LogP contribution in [0.5, 0.6) is 0 Å². The van der Waals surface area contributed by atoms with Gasteiger partial charge in [0.2, 0.25) is 5.91 Å². The lowest BCUT2D eigenvalue weighted by Crippen LogP contribution is -2.54. The van der Waals surface area contributed by atoms with E-state index in [4.69, 9.17) is 5.73 Å². The highest BCUT2D eigenvalue weighted by Crippen LogP contribution is 2.17. The second-order valence-corrected chi connectivity index (χ2v) is 3.15. The van der Waals surface area contributed by atoms with Gasteiger partial charge in [0.05, 0.1) is 5.92 Å². The van der Waals surface area contributed by atoms with Gasteiger partial charge in [0.25, 0.3) is 0 Å². The van der Waals surface area contributed by atoms with Gasteiger partial charge in [-0.25, -0.2) is 0 Å². The quantitative estimate of drug-likeness (QED) is 0.585. The Balaban J connectivity index is 0.000000561. The second kappa shape index (κ2) is 5.11. The third-order valence-electron chi connectivity index (χ3n) is 2.04. The van der Waals surface area contributed by atoms with Gasteiger partial charge in [-0.2, -0.15) is 0 Å². The molecule has 0 aromatic carbocycles. The Bertz CT molecular complexity index is 141. The van der Waals surface area contributed by atoms with Crippen LogP contribution in [0.25, 0.3) is 0 Å². The van der Waals surface area contributed by atoms with E-state index in [0.29, 0.717) is 6.04 Å². The first kappa shape index (κ1) is 11.4. The maximum Gasteiger partial charge on any atom is 0.223 e. The summed E-state index contributed by atoms with van der Waals surface area (Å²) >= 11 is 0. The van der Waals surface area contributed by atoms with Crippen molar-refractivity contribution in [2.75, 3.05) is 20.1 Å². The van der Waals surface area contributed by atoms with Crippen LogP contribution < -0.4 is 11.5 Å². The fourth-order valence-electron chi connectivity index (χ4n) is 1.11. The van der Waals surface area contributed by atoms with Gasteiger partial charge in [-0.3, -0.25) is 9.69 Å². The number of amides is 1. The van der Waals surface area contributed by atoms with Crippen LogP contribution in [0, 0.1) is 5.92 Å². The van der Waals surface area contributed by atoms with E-state index in [0.717, 1.165) is 13.1 Å². The molecule has 4 N–H and O–H groups in total. The Morgan fingerprint density at radius 2 is 1.83 bits per heavy atom. The summed E-state index contributed by atoms with van der Waals surface area (Å²) < 4.78 is 0. The van der Waals surface area contributed by atoms with Gasteiger partial charge in [-0.1, -0.05) is 0 Å². The zero-order chi connectivity index (χ0) is 9.72. The van der Waals surface area contributed by atoms with E-state index < -0.39 is 0 Å². The van der Waals surface area contributed by atoms with Crippen LogP contribution >= 0.6 is 0 Å². The average Bonchev–Trinajstić information content (AvgIpc) is 1.86. The van der Waals surface area contributed by atoms with Crippen molar-refractivity contribution in [3.63, 3.8) is 0 Å². The molecule has 4 heteroatoms. The Morgan fingerprint density at radius 1 is 1.42 bits per heavy atom. The first-order valence-electron chi connectivity index (χ1n) is 4.22. The van der Waals surface area contributed by atoms with Gasteiger partial charge in [-0.05, 0) is 20.9 Å². The molecular formula is C8H19N3O. The van der Waals surface area contributed by atoms with Crippen molar-refractivity contribution >= 4 is 5.91 Å². The lowest BCUT2D eigenvalue weighted by Gasteiger charge is -2.40. The average molecular weight is 173 g/mol. The molecule has 1 aliphatic rings. The largest absolute Gasteiger partial charge is 0.369 e. The van der Waals surface area contributed by atoms with E-state index in [9.17, 15) is 4.79 Å². The maximum atomic E-state index is 10.5. The molecule has 0 aromatic rings. The summed E-state index contributed by atoms with van der Waals surface area (Å²) in [7, 11) is 1.50. The number of carbonyl (C=O) groups is 1. The summed E-state index contributed by atoms with van der Waals surface area (Å²) in [5.74, 6) is -0.0423. The highest BCUT2D eigenvalue weighted by atomic mass is 16.1. The van der Waals surface area contributed by atoms with Crippen LogP contribution in [0.1, 0.15) is 13.8 Å². The number of nitrogens with two attached hydrogens (primary N) is 2. The molecule has 0 unspecified atom stereocenters. The molecule has 1 saturated heterocycles. The molecule has 0 spiro atoms. The minimum atomic E-state index is -0.156. The summed E-state index contributed by atoms with van der Waals surface area (Å²) in [5, 5.41) is 0. The second-order valence-electron chi connectivity index (χ2n) is 3.15. The van der Waals surface area contributed by atoms with Crippen molar-refractivity contribution in [2.45, 2.75) is 19.9 Å². The van der Waals surface area contributed by atoms with E-state index in [2.05, 4.69) is 24.5 Å². The van der Waals surface area contributed by atoms with Crippen molar-refractivity contribution in [2.24, 2.45) is 17.4 Å². The summed E-state index contributed by atoms with van der Waals surface area (Å²) in [6.07, 6.45) is 0. The highest BCUT2D eigenvalue weighted by molar-refractivity contribution is 5.78. The Morgan fingerprint density at radius 3 is 2.08 bits per heavy atom. The van der Waals surface area contributed by atoms with Gasteiger partial charge in [0, 0.05) is 19.1 Å². The number of rotatable bonds is 2. The number of hydrogen-bond acceptors (Lipinski definition) is 3. The normalized spacial score (nSPS) is 18.1. The standard InChI is InChI=1S/C7H14N2O.CH5N/c1-5(2)9-3-6(4-9)7(8)10;1-2/h5-6H,3-4H2,1-2H3,(H2,8,10);2H2,1H3. The minimum absolute atomic E-state index is 0.113. The molecule has 0 bridgehead atoms. The molecule has 1 rings (SSSR count). The highest BCUT2D eigenvalue weighted by Gasteiger charge is 2.31. The van der Waals surface area contributed by atoms with Crippen molar-refractivity contribution in [1.29, 1.82) is 0 Å². The summed E-state index contributed by atoms with van der Waals surface area (Å²) in [4.78, 5) is 12.8. The van der Waals surface area contributed by atoms with Gasteiger partial charge >= 0.3 is 0 Å². The van der Waals surface area contributed by atoms with Crippen molar-refractivity contribution < 1.29 is 4.79 Å². The molecule has 0 saturated carbocycles. The monoisotopic (exact) mass is 173 g/mol. The van der Waals surface area contributed by atoms with Gasteiger partial charge in [-0.15, -0.1) is 0 Å². The van der Waals surface area contributed by atoms with E-state index in [1.54, 1.807) is 0 Å². The molecule has 0 atom stereocenters. The predicted molar refractivity (Wildman–Crippen MR) is 49.5 cm³/mol. The molecule has 4 nitrogen and oxygen atoms in total. The molecule has 1 fully saturated rings. The minimum Gasteiger partial charge on any atom is -0.369 e. The molecule has 12 heavy (non-hydrogen) atoms. The first-order valence-corrected chi connectivity index (χ1v) is 4.22. The fraction of sp³-hybridized carbons (Fsp3) is 0.875. The molecule has 0 radical (unpaired) electrons. The summed E-state index contributed by atoms with van der Waals surface area (Å²) in [6, 6.07) is 0.551. The van der Waals surface area contributed by atoms with Crippen LogP contribution in [0.4, 0.5) is 0 Å². The van der Waals surface area contributed by atoms with Gasteiger partial charge in [0.1, 0.15) is 0 Å². The molecule has 72 valence electrons. The third-order valence-corrected chi connectivity index (χ3v) is 2.04. The van der Waals surface area contributed by atoms with E-state index >= 15 is 0 Å². The Kier molecular flexibility index (Phi) is 4.85. The number of likely N-dealkylation sites (tertiary alicyclic amines) is 1. The van der Waals surface area contributed by atoms with E-state index in [-0.39, 0.29) is 11.8 Å². The number of primary amides is 1. The number of carbonyl (C=O) groups excluding carboxylic acids is 1. The SMILES string of the molecule is CC(C)N1CC(C(N)=O)C1.CN.